The van der Waals surface area contributed by atoms with E-state index in [1.807, 2.05) is 32.1 Å². The highest BCUT2D eigenvalue weighted by Gasteiger charge is 2.53. The summed E-state index contributed by atoms with van der Waals surface area (Å²) in [6.45, 7) is 1.27. The van der Waals surface area contributed by atoms with Crippen molar-refractivity contribution in [2.24, 2.45) is 0 Å². The van der Waals surface area contributed by atoms with Gasteiger partial charge in [-0.2, -0.15) is 0 Å². The Morgan fingerprint density at radius 1 is 1.11 bits per heavy atom. The highest BCUT2D eigenvalue weighted by Crippen LogP contribution is 2.37. The summed E-state index contributed by atoms with van der Waals surface area (Å²) in [5.41, 5.74) is 5.41. The molecule has 0 radical (unpaired) electrons. The predicted molar refractivity (Wildman–Crippen MR) is 141 cm³/mol. The average molecular weight is 480 g/mol. The van der Waals surface area contributed by atoms with E-state index in [1.165, 1.54) is 0 Å². The Morgan fingerprint density at radius 2 is 1.94 bits per heavy atom. The summed E-state index contributed by atoms with van der Waals surface area (Å²) in [4.78, 5) is 12.7. The molecule has 4 heterocycles. The van der Waals surface area contributed by atoms with Crippen LogP contribution in [-0.2, 0) is 0 Å². The first-order chi connectivity index (χ1) is 17.2. The normalized spacial score (nSPS) is 17.7. The van der Waals surface area contributed by atoms with E-state index in [9.17, 15) is 4.79 Å². The van der Waals surface area contributed by atoms with Crippen molar-refractivity contribution >= 4 is 41.9 Å². The second kappa shape index (κ2) is 7.92. The SMILES string of the molecule is CC1=CC(C=Cc2cc3cc4c(cc3oc2=O)C#CCCC=C4)=[N+]2C1=Cc1c(C)cc(C)n1[B-]2(F)F. The lowest BCUT2D eigenvalue weighted by Crippen LogP contribution is -2.50. The largest absolute Gasteiger partial charge is 0.737 e. The van der Waals surface area contributed by atoms with Gasteiger partial charge in [0, 0.05) is 46.9 Å². The van der Waals surface area contributed by atoms with Crippen molar-refractivity contribution < 1.29 is 17.5 Å². The summed E-state index contributed by atoms with van der Waals surface area (Å²) in [6.07, 6.45) is 12.4. The Labute approximate surface area is 207 Å². The number of halogens is 2. The third-order valence-electron chi connectivity index (χ3n) is 6.99. The van der Waals surface area contributed by atoms with E-state index in [2.05, 4.69) is 17.9 Å². The molecule has 0 saturated heterocycles. The van der Waals surface area contributed by atoms with Gasteiger partial charge in [-0.15, -0.1) is 0 Å². The molecule has 0 atom stereocenters. The number of allylic oxidation sites excluding steroid dienone is 4. The lowest BCUT2D eigenvalue weighted by atomic mass is 9.89. The van der Waals surface area contributed by atoms with Gasteiger partial charge in [-0.1, -0.05) is 24.0 Å². The molecule has 6 rings (SSSR count). The highest BCUT2D eigenvalue weighted by molar-refractivity contribution is 6.58. The van der Waals surface area contributed by atoms with Gasteiger partial charge in [-0.25, -0.2) is 4.79 Å². The van der Waals surface area contributed by atoms with Crippen molar-refractivity contribution in [2.45, 2.75) is 33.6 Å². The molecule has 36 heavy (non-hydrogen) atoms. The maximum Gasteiger partial charge on any atom is 0.737 e. The molecule has 3 aliphatic rings. The quantitative estimate of drug-likeness (QED) is 0.254. The van der Waals surface area contributed by atoms with Gasteiger partial charge in [0.15, 0.2) is 11.4 Å². The molecular weight excluding hydrogens is 457 g/mol. The van der Waals surface area contributed by atoms with Crippen molar-refractivity contribution in [3.8, 4) is 11.8 Å². The number of fused-ring (bicyclic) bond motifs is 4. The molecule has 3 aromatic rings. The lowest BCUT2D eigenvalue weighted by molar-refractivity contribution is -0.361. The maximum atomic E-state index is 15.8. The van der Waals surface area contributed by atoms with Crippen molar-refractivity contribution in [2.75, 3.05) is 0 Å². The first kappa shape index (κ1) is 22.3. The Morgan fingerprint density at radius 3 is 2.78 bits per heavy atom. The van der Waals surface area contributed by atoms with Gasteiger partial charge in [-0.05, 0) is 74.4 Å². The molecule has 2 aliphatic heterocycles. The zero-order valence-corrected chi connectivity index (χ0v) is 20.2. The van der Waals surface area contributed by atoms with E-state index >= 15 is 8.63 Å². The third-order valence-corrected chi connectivity index (χ3v) is 6.99. The number of hydrogen-bond donors (Lipinski definition) is 0. The number of benzene rings is 1. The molecule has 0 spiro atoms. The van der Waals surface area contributed by atoms with E-state index in [-0.39, 0.29) is 0 Å². The Bertz CT molecular complexity index is 1770. The molecule has 178 valence electrons. The third kappa shape index (κ3) is 3.36. The van der Waals surface area contributed by atoms with E-state index in [4.69, 9.17) is 4.42 Å². The highest BCUT2D eigenvalue weighted by atomic mass is 19.2. The molecular formula is C29H23BF2N2O2. The second-order valence-electron chi connectivity index (χ2n) is 9.51. The van der Waals surface area contributed by atoms with Crippen LogP contribution in [0.1, 0.15) is 53.4 Å². The van der Waals surface area contributed by atoms with Crippen LogP contribution >= 0.6 is 0 Å². The number of rotatable bonds is 2. The molecule has 0 saturated carbocycles. The van der Waals surface area contributed by atoms with Gasteiger partial charge < -0.3 is 22.0 Å². The van der Waals surface area contributed by atoms with Gasteiger partial charge in [0.25, 0.3) is 0 Å². The minimum absolute atomic E-state index is 0.292. The molecule has 0 amide bonds. The van der Waals surface area contributed by atoms with E-state index in [1.54, 1.807) is 43.4 Å². The van der Waals surface area contributed by atoms with Gasteiger partial charge in [0.05, 0.1) is 5.56 Å². The Balaban J connectivity index is 1.45. The van der Waals surface area contributed by atoms with Crippen molar-refractivity contribution in [3.63, 3.8) is 0 Å². The van der Waals surface area contributed by atoms with E-state index in [0.29, 0.717) is 33.9 Å². The Kier molecular flexibility index (Phi) is 4.91. The minimum atomic E-state index is -4.09. The van der Waals surface area contributed by atoms with Gasteiger partial charge in [-0.3, -0.25) is 0 Å². The van der Waals surface area contributed by atoms with Crippen LogP contribution in [0.4, 0.5) is 8.63 Å². The van der Waals surface area contributed by atoms with Gasteiger partial charge in [0.1, 0.15) is 5.58 Å². The zero-order valence-electron chi connectivity index (χ0n) is 20.2. The van der Waals surface area contributed by atoms with Crippen molar-refractivity contribution in [1.29, 1.82) is 0 Å². The molecule has 1 aliphatic carbocycles. The van der Waals surface area contributed by atoms with E-state index < -0.39 is 12.6 Å². The van der Waals surface area contributed by atoms with E-state index in [0.717, 1.165) is 49.5 Å². The van der Waals surface area contributed by atoms with Crippen LogP contribution in [0.15, 0.2) is 63.0 Å². The van der Waals surface area contributed by atoms with Crippen LogP contribution in [0.2, 0.25) is 0 Å². The molecule has 0 unspecified atom stereocenters. The van der Waals surface area contributed by atoms with Crippen LogP contribution < -0.4 is 5.63 Å². The van der Waals surface area contributed by atoms with Gasteiger partial charge in [0.2, 0.25) is 0 Å². The van der Waals surface area contributed by atoms with Crippen molar-refractivity contribution in [3.05, 3.63) is 97.8 Å². The summed E-state index contributed by atoms with van der Waals surface area (Å²) < 4.78 is 39.4. The topological polar surface area (TPSA) is 38.1 Å². The first-order valence-corrected chi connectivity index (χ1v) is 12.0. The van der Waals surface area contributed by atoms with Crippen LogP contribution in [0.25, 0.3) is 29.2 Å². The summed E-state index contributed by atoms with van der Waals surface area (Å²) in [6, 6.07) is 7.24. The van der Waals surface area contributed by atoms with Crippen LogP contribution in [0.5, 0.6) is 0 Å². The molecule has 0 fully saturated rings. The lowest BCUT2D eigenvalue weighted by Gasteiger charge is -2.30. The van der Waals surface area contributed by atoms with Crippen LogP contribution in [0.3, 0.4) is 0 Å². The standard InChI is InChI=1S/C29H23BF2N2O2/c1-18-12-20(3)33-26(18)17-27-19(2)13-25(34(27)30(33,31)32)11-10-23-15-24-14-21-8-6-4-5-7-9-22(21)16-28(24)36-29(23)35/h6,8,10-17H,4-5H2,1-3H3. The molecule has 0 bridgehead atoms. The first-order valence-electron chi connectivity index (χ1n) is 12.0. The summed E-state index contributed by atoms with van der Waals surface area (Å²) in [5, 5.41) is 0.749. The molecule has 1 aromatic carbocycles. The summed E-state index contributed by atoms with van der Waals surface area (Å²) >= 11 is 0. The monoisotopic (exact) mass is 480 g/mol. The zero-order chi connectivity index (χ0) is 25.2. The Hall–Kier alpha value is -4.18. The average Bonchev–Trinajstić information content (AvgIpc) is 3.29. The smallest absolute Gasteiger partial charge is 0.422 e. The summed E-state index contributed by atoms with van der Waals surface area (Å²) in [5.74, 6) is 6.25. The fraction of sp³-hybridized carbons (Fsp3) is 0.172. The predicted octanol–water partition coefficient (Wildman–Crippen LogP) is 6.07. The molecule has 7 heteroatoms. The minimum Gasteiger partial charge on any atom is -0.422 e. The fourth-order valence-electron chi connectivity index (χ4n) is 5.29. The van der Waals surface area contributed by atoms with Crippen LogP contribution in [0, 0.1) is 25.7 Å². The molecule has 4 nitrogen and oxygen atoms in total. The van der Waals surface area contributed by atoms with Crippen molar-refractivity contribution in [1.82, 2.24) is 4.48 Å². The second-order valence-corrected chi connectivity index (χ2v) is 9.51. The van der Waals surface area contributed by atoms with Gasteiger partial charge >= 0.3 is 12.6 Å². The number of aromatic nitrogens is 1. The molecule has 0 N–H and O–H groups in total. The fourth-order valence-corrected chi connectivity index (χ4v) is 5.29. The number of hydrogen-bond acceptors (Lipinski definition) is 2. The maximum absolute atomic E-state index is 15.8. The summed E-state index contributed by atoms with van der Waals surface area (Å²) in [7, 11) is 0. The molecule has 2 aromatic heterocycles. The number of nitrogens with zero attached hydrogens (tertiary/aromatic N) is 2. The number of aryl methyl sites for hydroxylation is 2. The van der Waals surface area contributed by atoms with Crippen LogP contribution in [-0.4, -0.2) is 21.6 Å².